The average molecular weight is 334 g/mol. The summed E-state index contributed by atoms with van der Waals surface area (Å²) in [6.45, 7) is 7.23. The van der Waals surface area contributed by atoms with E-state index in [-0.39, 0.29) is 12.2 Å². The summed E-state index contributed by atoms with van der Waals surface area (Å²) in [6, 6.07) is 4.18. The molecule has 1 aliphatic rings. The van der Waals surface area contributed by atoms with E-state index in [1.54, 1.807) is 0 Å². The van der Waals surface area contributed by atoms with E-state index in [1.807, 2.05) is 27.7 Å². The van der Waals surface area contributed by atoms with Crippen LogP contribution in [0.1, 0.15) is 45.2 Å². The molecule has 1 aromatic rings. The Hall–Kier alpha value is -1.68. The van der Waals surface area contributed by atoms with Crippen LogP contribution in [0.15, 0.2) is 23.9 Å². The third-order valence-electron chi connectivity index (χ3n) is 4.24. The topological polar surface area (TPSA) is 38.7 Å². The molecule has 2 rings (SSSR count). The van der Waals surface area contributed by atoms with Gasteiger partial charge in [0.15, 0.2) is 0 Å². The van der Waals surface area contributed by atoms with Gasteiger partial charge in [-0.2, -0.15) is 0 Å². The molecule has 1 heterocycles. The third-order valence-corrected chi connectivity index (χ3v) is 4.24. The van der Waals surface area contributed by atoms with Gasteiger partial charge in [-0.25, -0.2) is 8.78 Å². The lowest BCUT2D eigenvalue weighted by atomic mass is 9.86. The Bertz CT molecular complexity index is 686. The summed E-state index contributed by atoms with van der Waals surface area (Å²) in [7, 11) is -1.17. The maximum absolute atomic E-state index is 14.5. The van der Waals surface area contributed by atoms with Crippen molar-refractivity contribution in [3.05, 3.63) is 40.9 Å². The number of rotatable bonds is 3. The summed E-state index contributed by atoms with van der Waals surface area (Å²) in [5, 5.41) is 8.72. The fourth-order valence-corrected chi connectivity index (χ4v) is 2.12. The molecule has 24 heavy (non-hydrogen) atoms. The van der Waals surface area contributed by atoms with Gasteiger partial charge in [0.1, 0.15) is 11.5 Å². The molecule has 0 amide bonds. The van der Waals surface area contributed by atoms with Gasteiger partial charge in [0.05, 0.1) is 17.8 Å². The van der Waals surface area contributed by atoms with Crippen LogP contribution < -0.4 is 0 Å². The lowest BCUT2D eigenvalue weighted by Gasteiger charge is -2.32. The van der Waals surface area contributed by atoms with Crippen molar-refractivity contribution >= 4 is 13.2 Å². The van der Waals surface area contributed by atoms with E-state index in [0.717, 1.165) is 6.08 Å². The van der Waals surface area contributed by atoms with Crippen LogP contribution in [0.25, 0.3) is 6.08 Å². The Balaban J connectivity index is 2.25. The summed E-state index contributed by atoms with van der Waals surface area (Å²) < 4.78 is 39.6. The second-order valence-corrected chi connectivity index (χ2v) is 6.63. The zero-order valence-corrected chi connectivity index (χ0v) is 14.3. The molecule has 0 spiro atoms. The molecule has 128 valence electrons. The maximum atomic E-state index is 14.5. The Morgan fingerprint density at radius 2 is 1.88 bits per heavy atom. The molecular weight excluding hydrogens is 313 g/mol. The molecule has 1 saturated heterocycles. The number of aliphatic hydroxyl groups is 1. The third kappa shape index (κ3) is 4.04. The second kappa shape index (κ2) is 7.06. The van der Waals surface area contributed by atoms with Crippen molar-refractivity contribution in [1.82, 2.24) is 0 Å². The number of aliphatic hydroxyl groups excluding tert-OH is 1. The minimum Gasteiger partial charge on any atom is -0.398 e. The van der Waals surface area contributed by atoms with Crippen LogP contribution in [0.4, 0.5) is 8.78 Å². The Kier molecular flexibility index (Phi) is 5.49. The molecule has 0 aromatic heterocycles. The largest absolute Gasteiger partial charge is 0.525 e. The molecule has 0 saturated carbocycles. The maximum Gasteiger partial charge on any atom is 0.525 e. The first kappa shape index (κ1) is 18.7. The van der Waals surface area contributed by atoms with Crippen LogP contribution in [-0.4, -0.2) is 30.0 Å². The van der Waals surface area contributed by atoms with Crippen molar-refractivity contribution in [2.45, 2.75) is 45.3 Å². The number of hydrogen-bond acceptors (Lipinski definition) is 3. The molecular formula is C18H21BF2O3. The predicted octanol–water partition coefficient (Wildman–Crippen LogP) is 3.50. The van der Waals surface area contributed by atoms with E-state index in [1.165, 1.54) is 18.2 Å². The van der Waals surface area contributed by atoms with Gasteiger partial charge in [-0.15, -0.1) is 0 Å². The molecule has 0 radical (unpaired) electrons. The smallest absolute Gasteiger partial charge is 0.398 e. The predicted molar refractivity (Wildman–Crippen MR) is 90.1 cm³/mol. The first-order valence-electron chi connectivity index (χ1n) is 7.78. The minimum atomic E-state index is -1.17. The van der Waals surface area contributed by atoms with E-state index in [2.05, 4.69) is 11.8 Å². The lowest BCUT2D eigenvalue weighted by molar-refractivity contribution is 0.00578. The Labute approximate surface area is 141 Å². The molecule has 0 unspecified atom stereocenters. The van der Waals surface area contributed by atoms with Crippen molar-refractivity contribution in [3.63, 3.8) is 0 Å². The summed E-state index contributed by atoms with van der Waals surface area (Å²) in [5.41, 5.74) is -1.43. The number of halogens is 2. The van der Waals surface area contributed by atoms with Crippen LogP contribution in [0.5, 0.6) is 0 Å². The van der Waals surface area contributed by atoms with E-state index in [9.17, 15) is 8.78 Å². The molecule has 1 fully saturated rings. The van der Waals surface area contributed by atoms with Crippen LogP contribution in [0.3, 0.4) is 0 Å². The monoisotopic (exact) mass is 334 g/mol. The highest BCUT2D eigenvalue weighted by atomic mass is 19.1. The zero-order valence-electron chi connectivity index (χ0n) is 14.3. The van der Waals surface area contributed by atoms with E-state index < -0.39 is 29.9 Å². The quantitative estimate of drug-likeness (QED) is 0.679. The standard InChI is InChI=1S/C18H21BF2O3/c1-17(2)18(3,4)24-19(23-17)16(21)12-14-11-13(7-5-6-10-22)8-9-15(14)20/h8-9,11-12,22H,6,10H2,1-4H3. The minimum absolute atomic E-state index is 0.0441. The van der Waals surface area contributed by atoms with Crippen LogP contribution in [0, 0.1) is 17.7 Å². The van der Waals surface area contributed by atoms with Crippen molar-refractivity contribution in [2.75, 3.05) is 6.61 Å². The van der Waals surface area contributed by atoms with Gasteiger partial charge in [-0.05, 0) is 52.0 Å². The SMILES string of the molecule is CC1(C)OB(C(F)=Cc2cc(C#CCCO)ccc2F)OC1(C)C. The van der Waals surface area contributed by atoms with E-state index in [0.29, 0.717) is 12.0 Å². The highest BCUT2D eigenvalue weighted by molar-refractivity contribution is 6.54. The van der Waals surface area contributed by atoms with Gasteiger partial charge in [-0.1, -0.05) is 11.8 Å². The summed E-state index contributed by atoms with van der Waals surface area (Å²) >= 11 is 0. The van der Waals surface area contributed by atoms with Crippen molar-refractivity contribution < 1.29 is 23.2 Å². The van der Waals surface area contributed by atoms with E-state index in [4.69, 9.17) is 14.4 Å². The second-order valence-electron chi connectivity index (χ2n) is 6.63. The highest BCUT2D eigenvalue weighted by Crippen LogP contribution is 2.39. The van der Waals surface area contributed by atoms with Gasteiger partial charge in [0.25, 0.3) is 0 Å². The average Bonchev–Trinajstić information content (AvgIpc) is 2.71. The first-order chi connectivity index (χ1) is 11.2. The van der Waals surface area contributed by atoms with Crippen LogP contribution >= 0.6 is 0 Å². The molecule has 0 atom stereocenters. The highest BCUT2D eigenvalue weighted by Gasteiger charge is 2.53. The molecule has 1 aromatic carbocycles. The zero-order chi connectivity index (χ0) is 18.0. The van der Waals surface area contributed by atoms with E-state index >= 15 is 0 Å². The molecule has 1 N–H and O–H groups in total. The van der Waals surface area contributed by atoms with Crippen molar-refractivity contribution in [1.29, 1.82) is 0 Å². The fraction of sp³-hybridized carbons (Fsp3) is 0.444. The van der Waals surface area contributed by atoms with Gasteiger partial charge in [-0.3, -0.25) is 0 Å². The number of hydrogen-bond donors (Lipinski definition) is 1. The van der Waals surface area contributed by atoms with Gasteiger partial charge >= 0.3 is 7.12 Å². The molecule has 3 nitrogen and oxygen atoms in total. The first-order valence-corrected chi connectivity index (χ1v) is 7.78. The molecule has 0 bridgehead atoms. The van der Waals surface area contributed by atoms with Gasteiger partial charge < -0.3 is 14.4 Å². The lowest BCUT2D eigenvalue weighted by Crippen LogP contribution is -2.41. The summed E-state index contributed by atoms with van der Waals surface area (Å²) in [6.07, 6.45) is 1.39. The van der Waals surface area contributed by atoms with Crippen LogP contribution in [-0.2, 0) is 9.31 Å². The number of benzene rings is 1. The van der Waals surface area contributed by atoms with Crippen LogP contribution in [0.2, 0.25) is 0 Å². The summed E-state index contributed by atoms with van der Waals surface area (Å²) in [4.78, 5) is 0. The fourth-order valence-electron chi connectivity index (χ4n) is 2.12. The Morgan fingerprint density at radius 3 is 2.46 bits per heavy atom. The van der Waals surface area contributed by atoms with Crippen molar-refractivity contribution in [2.24, 2.45) is 0 Å². The normalized spacial score (nSPS) is 19.1. The molecule has 6 heteroatoms. The molecule has 0 aliphatic carbocycles. The Morgan fingerprint density at radius 1 is 1.25 bits per heavy atom. The van der Waals surface area contributed by atoms with Gasteiger partial charge in [0.2, 0.25) is 0 Å². The molecule has 1 aliphatic heterocycles. The van der Waals surface area contributed by atoms with Crippen molar-refractivity contribution in [3.8, 4) is 11.8 Å². The summed E-state index contributed by atoms with van der Waals surface area (Å²) in [5.74, 6) is 4.97. The van der Waals surface area contributed by atoms with Gasteiger partial charge in [0, 0.05) is 17.5 Å².